The molecule has 0 saturated carbocycles. The number of hydrogen-bond acceptors (Lipinski definition) is 2. The van der Waals surface area contributed by atoms with Gasteiger partial charge in [0.2, 0.25) is 0 Å². The number of epoxide rings is 1. The van der Waals surface area contributed by atoms with Gasteiger partial charge in [0.25, 0.3) is 5.91 Å². The Morgan fingerprint density at radius 1 is 1.53 bits per heavy atom. The molecule has 15 heavy (non-hydrogen) atoms. The average Bonchev–Trinajstić information content (AvgIpc) is 2.90. The van der Waals surface area contributed by atoms with E-state index < -0.39 is 5.60 Å². The van der Waals surface area contributed by atoms with Crippen molar-refractivity contribution in [3.8, 4) is 0 Å². The highest BCUT2D eigenvalue weighted by molar-refractivity contribution is 6.36. The quantitative estimate of drug-likeness (QED) is 0.815. The lowest BCUT2D eigenvalue weighted by atomic mass is 10.2. The van der Waals surface area contributed by atoms with Crippen LogP contribution in [0.25, 0.3) is 0 Å². The first-order valence-electron chi connectivity index (χ1n) is 4.42. The van der Waals surface area contributed by atoms with Crippen molar-refractivity contribution >= 4 is 34.8 Å². The van der Waals surface area contributed by atoms with Crippen molar-refractivity contribution in [1.82, 2.24) is 0 Å². The van der Waals surface area contributed by atoms with E-state index in [1.165, 1.54) is 0 Å². The molecule has 5 heteroatoms. The maximum Gasteiger partial charge on any atom is 0.258 e. The van der Waals surface area contributed by atoms with Crippen LogP contribution in [-0.4, -0.2) is 18.1 Å². The molecule has 2 rings (SSSR count). The molecule has 1 unspecified atom stereocenters. The van der Waals surface area contributed by atoms with E-state index in [4.69, 9.17) is 27.9 Å². The summed E-state index contributed by atoms with van der Waals surface area (Å²) in [6, 6.07) is 4.91. The number of ether oxygens (including phenoxy) is 1. The monoisotopic (exact) mass is 245 g/mol. The number of rotatable bonds is 2. The van der Waals surface area contributed by atoms with Crippen molar-refractivity contribution in [3.05, 3.63) is 28.2 Å². The van der Waals surface area contributed by atoms with E-state index in [1.807, 2.05) is 0 Å². The maximum absolute atomic E-state index is 11.6. The van der Waals surface area contributed by atoms with Crippen molar-refractivity contribution in [2.24, 2.45) is 0 Å². The van der Waals surface area contributed by atoms with E-state index in [9.17, 15) is 4.79 Å². The van der Waals surface area contributed by atoms with Gasteiger partial charge in [0, 0.05) is 5.02 Å². The summed E-state index contributed by atoms with van der Waals surface area (Å²) in [6.45, 7) is 2.18. The SMILES string of the molecule is CC1(C(=O)Nc2ccc(Cl)cc2Cl)CO1. The fourth-order valence-corrected chi connectivity index (χ4v) is 1.54. The van der Waals surface area contributed by atoms with E-state index >= 15 is 0 Å². The largest absolute Gasteiger partial charge is 0.359 e. The molecule has 0 bridgehead atoms. The smallest absolute Gasteiger partial charge is 0.258 e. The fourth-order valence-electron chi connectivity index (χ4n) is 1.08. The van der Waals surface area contributed by atoms with Crippen LogP contribution in [0.2, 0.25) is 10.0 Å². The van der Waals surface area contributed by atoms with Crippen LogP contribution in [0.15, 0.2) is 18.2 Å². The van der Waals surface area contributed by atoms with Crippen LogP contribution in [0.3, 0.4) is 0 Å². The molecule has 80 valence electrons. The molecule has 1 aliphatic heterocycles. The number of carbonyl (C=O) groups excluding carboxylic acids is 1. The number of halogens is 2. The Balaban J connectivity index is 2.14. The van der Waals surface area contributed by atoms with E-state index in [2.05, 4.69) is 5.32 Å². The predicted molar refractivity (Wildman–Crippen MR) is 59.4 cm³/mol. The average molecular weight is 246 g/mol. The van der Waals surface area contributed by atoms with E-state index in [0.29, 0.717) is 22.3 Å². The zero-order valence-corrected chi connectivity index (χ0v) is 9.52. The minimum Gasteiger partial charge on any atom is -0.359 e. The number of carbonyl (C=O) groups is 1. The van der Waals surface area contributed by atoms with Gasteiger partial charge in [-0.1, -0.05) is 23.2 Å². The highest BCUT2D eigenvalue weighted by Gasteiger charge is 2.47. The molecule has 1 aromatic rings. The standard InChI is InChI=1S/C10H9Cl2NO2/c1-10(5-15-10)9(14)13-8-3-2-6(11)4-7(8)12/h2-4H,5H2,1H3,(H,13,14). The van der Waals surface area contributed by atoms with Crippen molar-refractivity contribution in [3.63, 3.8) is 0 Å². The van der Waals surface area contributed by atoms with Crippen LogP contribution >= 0.6 is 23.2 Å². The first-order valence-corrected chi connectivity index (χ1v) is 5.17. The summed E-state index contributed by atoms with van der Waals surface area (Å²) in [5.74, 6) is -0.188. The molecule has 0 spiro atoms. The van der Waals surface area contributed by atoms with Crippen molar-refractivity contribution in [1.29, 1.82) is 0 Å². The van der Waals surface area contributed by atoms with Crippen LogP contribution in [-0.2, 0) is 9.53 Å². The Morgan fingerprint density at radius 3 is 2.73 bits per heavy atom. The third-order valence-corrected chi connectivity index (χ3v) is 2.78. The van der Waals surface area contributed by atoms with Gasteiger partial charge in [0.1, 0.15) is 0 Å². The van der Waals surface area contributed by atoms with Gasteiger partial charge in [0.05, 0.1) is 17.3 Å². The zero-order chi connectivity index (χ0) is 11.1. The molecule has 0 radical (unpaired) electrons. The molecule has 1 atom stereocenters. The summed E-state index contributed by atoms with van der Waals surface area (Å²) >= 11 is 11.6. The Labute approximate surface area is 97.3 Å². The predicted octanol–water partition coefficient (Wildman–Crippen LogP) is 2.72. The van der Waals surface area contributed by atoms with E-state index in [-0.39, 0.29) is 5.91 Å². The van der Waals surface area contributed by atoms with Crippen LogP contribution in [0.5, 0.6) is 0 Å². The summed E-state index contributed by atoms with van der Waals surface area (Å²) in [5, 5.41) is 3.64. The second-order valence-corrected chi connectivity index (χ2v) is 4.44. The van der Waals surface area contributed by atoms with Crippen molar-refractivity contribution in [2.45, 2.75) is 12.5 Å². The second kappa shape index (κ2) is 3.67. The van der Waals surface area contributed by atoms with Gasteiger partial charge in [0.15, 0.2) is 5.60 Å². The molecular formula is C10H9Cl2NO2. The summed E-state index contributed by atoms with van der Waals surface area (Å²) in [4.78, 5) is 11.6. The van der Waals surface area contributed by atoms with Crippen LogP contribution in [0.4, 0.5) is 5.69 Å². The Bertz CT molecular complexity index is 416. The van der Waals surface area contributed by atoms with Crippen molar-refractivity contribution in [2.75, 3.05) is 11.9 Å². The third kappa shape index (κ3) is 2.25. The minimum absolute atomic E-state index is 0.188. The van der Waals surface area contributed by atoms with E-state index in [0.717, 1.165) is 0 Å². The van der Waals surface area contributed by atoms with Gasteiger partial charge in [-0.25, -0.2) is 0 Å². The van der Waals surface area contributed by atoms with E-state index in [1.54, 1.807) is 25.1 Å². The lowest BCUT2D eigenvalue weighted by Crippen LogP contribution is -2.28. The van der Waals surface area contributed by atoms with Crippen LogP contribution < -0.4 is 5.32 Å². The first-order chi connectivity index (χ1) is 7.01. The van der Waals surface area contributed by atoms with Gasteiger partial charge in [-0.2, -0.15) is 0 Å². The topological polar surface area (TPSA) is 41.6 Å². The Morgan fingerprint density at radius 2 is 2.20 bits per heavy atom. The molecule has 1 N–H and O–H groups in total. The molecule has 1 fully saturated rings. The number of benzene rings is 1. The first kappa shape index (κ1) is 10.7. The van der Waals surface area contributed by atoms with Gasteiger partial charge in [-0.3, -0.25) is 4.79 Å². The van der Waals surface area contributed by atoms with Gasteiger partial charge >= 0.3 is 0 Å². The summed E-state index contributed by atoms with van der Waals surface area (Å²) < 4.78 is 5.01. The minimum atomic E-state index is -0.692. The molecule has 1 aromatic carbocycles. The highest BCUT2D eigenvalue weighted by Crippen LogP contribution is 2.30. The third-order valence-electron chi connectivity index (χ3n) is 2.24. The molecule has 3 nitrogen and oxygen atoms in total. The Hall–Kier alpha value is -0.770. The number of hydrogen-bond donors (Lipinski definition) is 1. The number of nitrogens with one attached hydrogen (secondary N) is 1. The fraction of sp³-hybridized carbons (Fsp3) is 0.300. The lowest BCUT2D eigenvalue weighted by Gasteiger charge is -2.09. The normalized spacial score (nSPS) is 23.7. The molecule has 1 aliphatic rings. The lowest BCUT2D eigenvalue weighted by molar-refractivity contribution is -0.120. The zero-order valence-electron chi connectivity index (χ0n) is 8.01. The number of anilines is 1. The van der Waals surface area contributed by atoms with Gasteiger partial charge in [-0.05, 0) is 25.1 Å². The molecule has 1 saturated heterocycles. The van der Waals surface area contributed by atoms with Crippen LogP contribution in [0, 0.1) is 0 Å². The van der Waals surface area contributed by atoms with Crippen LogP contribution in [0.1, 0.15) is 6.92 Å². The second-order valence-electron chi connectivity index (χ2n) is 3.60. The molecule has 0 aliphatic carbocycles. The Kier molecular flexibility index (Phi) is 2.63. The molecule has 1 heterocycles. The number of amides is 1. The summed E-state index contributed by atoms with van der Waals surface area (Å²) in [6.07, 6.45) is 0. The van der Waals surface area contributed by atoms with Gasteiger partial charge < -0.3 is 10.1 Å². The van der Waals surface area contributed by atoms with Crippen molar-refractivity contribution < 1.29 is 9.53 Å². The summed E-state index contributed by atoms with van der Waals surface area (Å²) in [5.41, 5.74) is -0.147. The maximum atomic E-state index is 11.6. The molecular weight excluding hydrogens is 237 g/mol. The van der Waals surface area contributed by atoms with Gasteiger partial charge in [-0.15, -0.1) is 0 Å². The molecule has 1 amide bonds. The highest BCUT2D eigenvalue weighted by atomic mass is 35.5. The molecule has 0 aromatic heterocycles. The summed E-state index contributed by atoms with van der Waals surface area (Å²) in [7, 11) is 0.